The number of nitrogens with zero attached hydrogens (tertiary/aromatic N) is 2. The molecule has 0 aromatic rings. The topological polar surface area (TPSA) is 55.8 Å². The lowest BCUT2D eigenvalue weighted by Crippen LogP contribution is -2.48. The minimum atomic E-state index is -0.734. The Kier molecular flexibility index (Phi) is 6.60. The Morgan fingerprint density at radius 3 is 2.39 bits per heavy atom. The largest absolute Gasteiger partial charge is 0.480 e. The molecule has 106 valence electrons. The number of hydrogen-bond acceptors (Lipinski definition) is 4. The van der Waals surface area contributed by atoms with Gasteiger partial charge in [0.05, 0.1) is 0 Å². The van der Waals surface area contributed by atoms with Gasteiger partial charge in [-0.15, -0.1) is 0 Å². The van der Waals surface area contributed by atoms with E-state index in [1.807, 2.05) is 0 Å². The highest BCUT2D eigenvalue weighted by atomic mass is 16.4. The van der Waals surface area contributed by atoms with Crippen LogP contribution in [0.1, 0.15) is 20.3 Å². The van der Waals surface area contributed by atoms with Gasteiger partial charge in [-0.05, 0) is 19.4 Å². The Hall–Kier alpha value is -0.650. The van der Waals surface area contributed by atoms with Crippen molar-refractivity contribution in [2.24, 2.45) is 5.92 Å². The Balaban J connectivity index is 2.20. The van der Waals surface area contributed by atoms with Gasteiger partial charge in [-0.25, -0.2) is 0 Å². The van der Waals surface area contributed by atoms with Crippen molar-refractivity contribution >= 4 is 5.97 Å². The second-order valence-corrected chi connectivity index (χ2v) is 5.62. The fraction of sp³-hybridized carbons (Fsp3) is 0.923. The first-order valence-electron chi connectivity index (χ1n) is 6.86. The monoisotopic (exact) mass is 257 g/mol. The van der Waals surface area contributed by atoms with Crippen molar-refractivity contribution in [1.29, 1.82) is 0 Å². The highest BCUT2D eigenvalue weighted by Gasteiger charge is 2.19. The van der Waals surface area contributed by atoms with Crippen molar-refractivity contribution in [1.82, 2.24) is 15.1 Å². The molecule has 18 heavy (non-hydrogen) atoms. The predicted octanol–water partition coefficient (Wildman–Crippen LogP) is 0.323. The SMILES string of the molecule is CC(C)CC(NCCN1CCN(C)CC1)C(=O)O. The third kappa shape index (κ3) is 5.80. The van der Waals surface area contributed by atoms with Crippen molar-refractivity contribution in [3.8, 4) is 0 Å². The van der Waals surface area contributed by atoms with Gasteiger partial charge >= 0.3 is 5.97 Å². The van der Waals surface area contributed by atoms with E-state index in [0.717, 1.165) is 39.3 Å². The van der Waals surface area contributed by atoms with Crippen LogP contribution in [0.25, 0.3) is 0 Å². The van der Waals surface area contributed by atoms with Crippen LogP contribution in [0.5, 0.6) is 0 Å². The van der Waals surface area contributed by atoms with Crippen molar-refractivity contribution in [3.05, 3.63) is 0 Å². The number of likely N-dealkylation sites (N-methyl/N-ethyl adjacent to an activating group) is 1. The Labute approximate surface area is 110 Å². The van der Waals surface area contributed by atoms with E-state index < -0.39 is 12.0 Å². The van der Waals surface area contributed by atoms with E-state index in [2.05, 4.69) is 36.0 Å². The van der Waals surface area contributed by atoms with E-state index in [0.29, 0.717) is 12.3 Å². The quantitative estimate of drug-likeness (QED) is 0.688. The maximum Gasteiger partial charge on any atom is 0.320 e. The number of piperazine rings is 1. The highest BCUT2D eigenvalue weighted by molar-refractivity contribution is 5.73. The van der Waals surface area contributed by atoms with Gasteiger partial charge in [0, 0.05) is 39.3 Å². The van der Waals surface area contributed by atoms with Crippen molar-refractivity contribution in [2.45, 2.75) is 26.3 Å². The number of aliphatic carboxylic acids is 1. The summed E-state index contributed by atoms with van der Waals surface area (Å²) in [6.07, 6.45) is 0.693. The zero-order valence-corrected chi connectivity index (χ0v) is 11.9. The van der Waals surface area contributed by atoms with Gasteiger partial charge in [0.25, 0.3) is 0 Å². The zero-order valence-electron chi connectivity index (χ0n) is 11.9. The molecule has 0 saturated carbocycles. The molecular formula is C13H27N3O2. The molecule has 0 aliphatic carbocycles. The van der Waals surface area contributed by atoms with E-state index >= 15 is 0 Å². The average Bonchev–Trinajstić information content (AvgIpc) is 2.29. The normalized spacial score (nSPS) is 20.2. The van der Waals surface area contributed by atoms with Crippen LogP contribution in [-0.4, -0.2) is 73.2 Å². The molecule has 5 heteroatoms. The standard InChI is InChI=1S/C13H27N3O2/c1-11(2)10-12(13(17)18)14-4-5-16-8-6-15(3)7-9-16/h11-12,14H,4-10H2,1-3H3,(H,17,18). The lowest BCUT2D eigenvalue weighted by molar-refractivity contribution is -0.139. The van der Waals surface area contributed by atoms with Gasteiger partial charge in [0.1, 0.15) is 6.04 Å². The Bertz CT molecular complexity index is 251. The fourth-order valence-corrected chi connectivity index (χ4v) is 2.21. The number of nitrogens with one attached hydrogen (secondary N) is 1. The molecule has 0 radical (unpaired) electrons. The fourth-order valence-electron chi connectivity index (χ4n) is 2.21. The van der Waals surface area contributed by atoms with Gasteiger partial charge in [-0.3, -0.25) is 9.69 Å². The van der Waals surface area contributed by atoms with Crippen molar-refractivity contribution in [3.63, 3.8) is 0 Å². The first kappa shape index (κ1) is 15.4. The number of carbonyl (C=O) groups is 1. The molecule has 1 saturated heterocycles. The molecule has 2 N–H and O–H groups in total. The second-order valence-electron chi connectivity index (χ2n) is 5.62. The molecule has 1 heterocycles. The van der Waals surface area contributed by atoms with E-state index in [1.165, 1.54) is 0 Å². The third-order valence-electron chi connectivity index (χ3n) is 3.42. The number of hydrogen-bond donors (Lipinski definition) is 2. The summed E-state index contributed by atoms with van der Waals surface area (Å²) in [6, 6.07) is -0.405. The molecule has 0 spiro atoms. The van der Waals surface area contributed by atoms with E-state index in [9.17, 15) is 4.79 Å². The van der Waals surface area contributed by atoms with Crippen LogP contribution in [0.3, 0.4) is 0 Å². The molecule has 1 fully saturated rings. The maximum absolute atomic E-state index is 11.1. The molecule has 0 aromatic heterocycles. The van der Waals surface area contributed by atoms with E-state index in [1.54, 1.807) is 0 Å². The van der Waals surface area contributed by atoms with Crippen LogP contribution in [-0.2, 0) is 4.79 Å². The maximum atomic E-state index is 11.1. The molecule has 1 atom stereocenters. The third-order valence-corrected chi connectivity index (χ3v) is 3.42. The highest BCUT2D eigenvalue weighted by Crippen LogP contribution is 2.05. The van der Waals surface area contributed by atoms with Gasteiger partial charge in [-0.2, -0.15) is 0 Å². The van der Waals surface area contributed by atoms with E-state index in [-0.39, 0.29) is 0 Å². The molecule has 5 nitrogen and oxygen atoms in total. The minimum absolute atomic E-state index is 0.405. The van der Waals surface area contributed by atoms with Gasteiger partial charge < -0.3 is 15.3 Å². The Morgan fingerprint density at radius 2 is 1.89 bits per heavy atom. The van der Waals surface area contributed by atoms with Crippen LogP contribution in [0, 0.1) is 5.92 Å². The predicted molar refractivity (Wildman–Crippen MR) is 72.8 cm³/mol. The summed E-state index contributed by atoms with van der Waals surface area (Å²) >= 11 is 0. The van der Waals surface area contributed by atoms with Gasteiger partial charge in [0.2, 0.25) is 0 Å². The Morgan fingerprint density at radius 1 is 1.28 bits per heavy atom. The van der Waals surface area contributed by atoms with Crippen LogP contribution in [0.15, 0.2) is 0 Å². The number of rotatable bonds is 7. The summed E-state index contributed by atoms with van der Waals surface area (Å²) < 4.78 is 0. The first-order valence-corrected chi connectivity index (χ1v) is 6.86. The zero-order chi connectivity index (χ0) is 13.5. The molecular weight excluding hydrogens is 230 g/mol. The minimum Gasteiger partial charge on any atom is -0.480 e. The molecule has 0 amide bonds. The van der Waals surface area contributed by atoms with Crippen LogP contribution in [0.4, 0.5) is 0 Å². The van der Waals surface area contributed by atoms with Gasteiger partial charge in [0.15, 0.2) is 0 Å². The summed E-state index contributed by atoms with van der Waals surface area (Å²) in [5, 5.41) is 12.3. The molecule has 0 aromatic carbocycles. The lowest BCUT2D eigenvalue weighted by atomic mass is 10.0. The van der Waals surface area contributed by atoms with Crippen molar-refractivity contribution < 1.29 is 9.90 Å². The molecule has 1 aliphatic heterocycles. The average molecular weight is 257 g/mol. The summed E-state index contributed by atoms with van der Waals surface area (Å²) in [4.78, 5) is 15.8. The number of carboxylic acids is 1. The summed E-state index contributed by atoms with van der Waals surface area (Å²) in [5.41, 5.74) is 0. The van der Waals surface area contributed by atoms with Crippen molar-refractivity contribution in [2.75, 3.05) is 46.3 Å². The smallest absolute Gasteiger partial charge is 0.320 e. The van der Waals surface area contributed by atoms with Crippen LogP contribution >= 0.6 is 0 Å². The molecule has 1 aliphatic rings. The van der Waals surface area contributed by atoms with Gasteiger partial charge in [-0.1, -0.05) is 13.8 Å². The van der Waals surface area contributed by atoms with Crippen LogP contribution in [0.2, 0.25) is 0 Å². The first-order chi connectivity index (χ1) is 8.49. The van der Waals surface area contributed by atoms with Crippen LogP contribution < -0.4 is 5.32 Å². The number of carboxylic acid groups (broad SMARTS) is 1. The van der Waals surface area contributed by atoms with E-state index in [4.69, 9.17) is 5.11 Å². The molecule has 0 bridgehead atoms. The molecule has 1 unspecified atom stereocenters. The summed E-state index contributed by atoms with van der Waals surface area (Å²) in [5.74, 6) is -0.329. The summed E-state index contributed by atoms with van der Waals surface area (Å²) in [6.45, 7) is 10.2. The second kappa shape index (κ2) is 7.71. The summed E-state index contributed by atoms with van der Waals surface area (Å²) in [7, 11) is 2.14. The molecule has 1 rings (SSSR count). The lowest BCUT2D eigenvalue weighted by Gasteiger charge is -2.32.